The van der Waals surface area contributed by atoms with Crippen molar-refractivity contribution in [2.24, 2.45) is 5.73 Å². The molecule has 6 rings (SSSR count). The number of hydrogen-bond donors (Lipinski definition) is 2. The predicted octanol–water partition coefficient (Wildman–Crippen LogP) is -0.474. The van der Waals surface area contributed by atoms with E-state index in [0.29, 0.717) is 16.7 Å². The number of imide groups is 2. The van der Waals surface area contributed by atoms with Crippen LogP contribution in [0.4, 0.5) is 11.5 Å². The molecule has 0 saturated carbocycles. The Morgan fingerprint density at radius 2 is 1.48 bits per heavy atom. The molecular formula is C29H34N8O5. The Morgan fingerprint density at radius 3 is 2.07 bits per heavy atom. The monoisotopic (exact) mass is 574 g/mol. The number of rotatable bonds is 7. The smallest absolute Gasteiger partial charge is 0.262 e. The highest BCUT2D eigenvalue weighted by atomic mass is 16.2. The predicted molar refractivity (Wildman–Crippen MR) is 153 cm³/mol. The number of anilines is 2. The zero-order valence-corrected chi connectivity index (χ0v) is 23.3. The van der Waals surface area contributed by atoms with Crippen LogP contribution in [0.1, 0.15) is 43.9 Å². The van der Waals surface area contributed by atoms with E-state index >= 15 is 0 Å². The Morgan fingerprint density at radius 1 is 0.833 bits per heavy atom. The lowest BCUT2D eigenvalue weighted by molar-refractivity contribution is -0.136. The number of primary amides is 1. The average Bonchev–Trinajstić information content (AvgIpc) is 3.25. The molecule has 3 saturated heterocycles. The van der Waals surface area contributed by atoms with E-state index in [1.807, 2.05) is 12.1 Å². The van der Waals surface area contributed by atoms with Crippen LogP contribution in [-0.2, 0) is 9.59 Å². The molecule has 3 N–H and O–H groups in total. The number of nitrogens with two attached hydrogens (primary N) is 1. The van der Waals surface area contributed by atoms with Crippen molar-refractivity contribution in [2.45, 2.75) is 18.9 Å². The molecule has 0 aliphatic carbocycles. The van der Waals surface area contributed by atoms with E-state index < -0.39 is 29.7 Å². The van der Waals surface area contributed by atoms with E-state index in [4.69, 9.17) is 5.73 Å². The number of aromatic nitrogens is 1. The number of piperidine rings is 1. The molecule has 5 amide bonds. The van der Waals surface area contributed by atoms with Gasteiger partial charge in [0, 0.05) is 83.8 Å². The fourth-order valence-electron chi connectivity index (χ4n) is 6.09. The molecule has 2 aromatic rings. The van der Waals surface area contributed by atoms with E-state index in [1.165, 1.54) is 6.20 Å². The number of nitrogens with one attached hydrogen (secondary N) is 1. The highest BCUT2D eigenvalue weighted by Crippen LogP contribution is 2.31. The molecular weight excluding hydrogens is 540 g/mol. The van der Waals surface area contributed by atoms with Gasteiger partial charge in [0.15, 0.2) is 0 Å². The minimum absolute atomic E-state index is 0.0983. The first-order valence-corrected chi connectivity index (χ1v) is 14.3. The molecule has 42 heavy (non-hydrogen) atoms. The fraction of sp³-hybridized carbons (Fsp3) is 0.448. The molecule has 3 fully saturated rings. The molecule has 0 bridgehead atoms. The topological polar surface area (TPSA) is 152 Å². The van der Waals surface area contributed by atoms with Crippen molar-refractivity contribution >= 4 is 41.0 Å². The normalized spacial score (nSPS) is 22.0. The summed E-state index contributed by atoms with van der Waals surface area (Å²) < 4.78 is 0. The minimum Gasteiger partial charge on any atom is -0.369 e. The summed E-state index contributed by atoms with van der Waals surface area (Å²) in [5.74, 6) is -1.58. The summed E-state index contributed by atoms with van der Waals surface area (Å²) in [6.45, 7) is 8.97. The van der Waals surface area contributed by atoms with Crippen LogP contribution in [0, 0.1) is 0 Å². The molecule has 1 aromatic heterocycles. The number of carbonyl (C=O) groups is 5. The molecule has 4 aliphatic heterocycles. The van der Waals surface area contributed by atoms with Crippen LogP contribution in [0.15, 0.2) is 36.5 Å². The third-order valence-corrected chi connectivity index (χ3v) is 8.62. The largest absolute Gasteiger partial charge is 0.369 e. The first-order chi connectivity index (χ1) is 20.3. The number of piperazine rings is 2. The van der Waals surface area contributed by atoms with Crippen LogP contribution in [-0.4, -0.2) is 121 Å². The Hall–Kier alpha value is -4.36. The maximum absolute atomic E-state index is 13.2. The molecule has 5 heterocycles. The van der Waals surface area contributed by atoms with Gasteiger partial charge in [0.1, 0.15) is 11.9 Å². The van der Waals surface area contributed by atoms with Crippen molar-refractivity contribution in [3.8, 4) is 0 Å². The number of carbonyl (C=O) groups excluding carboxylic acids is 5. The number of fused-ring (bicyclic) bond motifs is 1. The maximum atomic E-state index is 13.2. The van der Waals surface area contributed by atoms with Gasteiger partial charge < -0.3 is 15.5 Å². The van der Waals surface area contributed by atoms with Crippen molar-refractivity contribution in [1.82, 2.24) is 25.0 Å². The number of hydrogen-bond acceptors (Lipinski definition) is 10. The van der Waals surface area contributed by atoms with E-state index in [2.05, 4.69) is 29.9 Å². The molecule has 1 unspecified atom stereocenters. The van der Waals surface area contributed by atoms with Gasteiger partial charge in [-0.25, -0.2) is 4.98 Å². The summed E-state index contributed by atoms with van der Waals surface area (Å²) in [6.07, 6.45) is 1.77. The van der Waals surface area contributed by atoms with Crippen LogP contribution in [0.5, 0.6) is 0 Å². The van der Waals surface area contributed by atoms with Crippen molar-refractivity contribution < 1.29 is 24.0 Å². The van der Waals surface area contributed by atoms with Gasteiger partial charge in [-0.15, -0.1) is 0 Å². The zero-order valence-electron chi connectivity index (χ0n) is 23.3. The third kappa shape index (κ3) is 5.44. The van der Waals surface area contributed by atoms with Crippen molar-refractivity contribution in [3.05, 3.63) is 53.2 Å². The minimum atomic E-state index is -0.962. The van der Waals surface area contributed by atoms with Gasteiger partial charge in [0.25, 0.3) is 11.8 Å². The second-order valence-corrected chi connectivity index (χ2v) is 11.1. The van der Waals surface area contributed by atoms with Gasteiger partial charge in [-0.05, 0) is 36.8 Å². The standard InChI is InChI=1S/C29H34N8O5/c30-26(39)19-1-5-24(31-18-19)36-15-11-34(12-16-36)8-7-33-9-13-35(14-10-33)20-2-3-21-22(17-20)29(42)37(28(21)41)23-4-6-25(38)32-27(23)40/h1-3,5,17-18,23H,4,6-16H2,(H2,30,39)(H,32,38,40). The van der Waals surface area contributed by atoms with E-state index in [-0.39, 0.29) is 18.7 Å². The van der Waals surface area contributed by atoms with Crippen LogP contribution in [0.25, 0.3) is 0 Å². The molecule has 13 nitrogen and oxygen atoms in total. The quantitative estimate of drug-likeness (QED) is 0.415. The number of benzene rings is 1. The lowest BCUT2D eigenvalue weighted by Crippen LogP contribution is -2.54. The van der Waals surface area contributed by atoms with Crippen LogP contribution >= 0.6 is 0 Å². The second kappa shape index (κ2) is 11.5. The molecule has 0 radical (unpaired) electrons. The summed E-state index contributed by atoms with van der Waals surface area (Å²) in [7, 11) is 0. The Kier molecular flexibility index (Phi) is 7.60. The SMILES string of the molecule is NC(=O)c1ccc(N2CCN(CCN3CCN(c4ccc5c(c4)C(=O)N(C4CCC(=O)NC4=O)C5=O)CC3)CC2)nc1. The highest BCUT2D eigenvalue weighted by Gasteiger charge is 2.44. The first-order valence-electron chi connectivity index (χ1n) is 14.3. The van der Waals surface area contributed by atoms with Gasteiger partial charge >= 0.3 is 0 Å². The number of nitrogens with zero attached hydrogens (tertiary/aromatic N) is 6. The van der Waals surface area contributed by atoms with E-state index in [0.717, 1.165) is 81.9 Å². The van der Waals surface area contributed by atoms with Crippen molar-refractivity contribution in [3.63, 3.8) is 0 Å². The summed E-state index contributed by atoms with van der Waals surface area (Å²) in [5, 5.41) is 2.23. The summed E-state index contributed by atoms with van der Waals surface area (Å²) in [4.78, 5) is 76.0. The molecule has 1 atom stereocenters. The molecule has 1 aromatic carbocycles. The van der Waals surface area contributed by atoms with Crippen LogP contribution < -0.4 is 20.9 Å². The first kappa shape index (κ1) is 27.8. The summed E-state index contributed by atoms with van der Waals surface area (Å²) in [6, 6.07) is 7.89. The lowest BCUT2D eigenvalue weighted by atomic mass is 10.0. The number of amides is 5. The van der Waals surface area contributed by atoms with Gasteiger partial charge in [-0.2, -0.15) is 0 Å². The summed E-state index contributed by atoms with van der Waals surface area (Å²) >= 11 is 0. The zero-order chi connectivity index (χ0) is 29.4. The van der Waals surface area contributed by atoms with Gasteiger partial charge in [-0.3, -0.25) is 44.0 Å². The van der Waals surface area contributed by atoms with E-state index in [9.17, 15) is 24.0 Å². The third-order valence-electron chi connectivity index (χ3n) is 8.62. The Bertz CT molecular complexity index is 1410. The average molecular weight is 575 g/mol. The fourth-order valence-corrected chi connectivity index (χ4v) is 6.09. The Balaban J connectivity index is 0.977. The van der Waals surface area contributed by atoms with Gasteiger partial charge in [0.2, 0.25) is 17.7 Å². The van der Waals surface area contributed by atoms with Gasteiger partial charge in [0.05, 0.1) is 16.7 Å². The highest BCUT2D eigenvalue weighted by molar-refractivity contribution is 6.23. The number of pyridine rings is 1. The van der Waals surface area contributed by atoms with Crippen molar-refractivity contribution in [1.29, 1.82) is 0 Å². The lowest BCUT2D eigenvalue weighted by Gasteiger charge is -2.39. The van der Waals surface area contributed by atoms with Crippen molar-refractivity contribution in [2.75, 3.05) is 75.2 Å². The van der Waals surface area contributed by atoms with E-state index in [1.54, 1.807) is 18.2 Å². The molecule has 0 spiro atoms. The van der Waals surface area contributed by atoms with Gasteiger partial charge in [-0.1, -0.05) is 0 Å². The molecule has 220 valence electrons. The second-order valence-electron chi connectivity index (χ2n) is 11.1. The van der Waals surface area contributed by atoms with Crippen LogP contribution in [0.3, 0.4) is 0 Å². The Labute approximate surface area is 243 Å². The van der Waals surface area contributed by atoms with Crippen LogP contribution in [0.2, 0.25) is 0 Å². The molecule has 4 aliphatic rings. The summed E-state index contributed by atoms with van der Waals surface area (Å²) in [5.41, 5.74) is 7.21. The maximum Gasteiger partial charge on any atom is 0.262 e. The molecule has 13 heteroatoms.